The van der Waals surface area contributed by atoms with Crippen molar-refractivity contribution in [1.29, 1.82) is 0 Å². The van der Waals surface area contributed by atoms with E-state index in [1.807, 2.05) is 0 Å². The van der Waals surface area contributed by atoms with Gasteiger partial charge in [-0.2, -0.15) is 10.2 Å². The van der Waals surface area contributed by atoms with Crippen molar-refractivity contribution in [2.75, 3.05) is 19.8 Å². The summed E-state index contributed by atoms with van der Waals surface area (Å²) in [7, 11) is 0. The van der Waals surface area contributed by atoms with Gasteiger partial charge < -0.3 is 9.80 Å². The molecule has 0 atom stereocenters. The van der Waals surface area contributed by atoms with Gasteiger partial charge in [0.15, 0.2) is 0 Å². The van der Waals surface area contributed by atoms with Crippen LogP contribution in [0.3, 0.4) is 0 Å². The fourth-order valence-corrected chi connectivity index (χ4v) is 3.35. The number of alkyl halides is 1. The first kappa shape index (κ1) is 17.5. The standard InChI is InChI=1S/C19H18F2N4O2/c20-12-19(7-8-19)25-10-9-24(17(26)18(25)27)11-13-5-6-16(23-22-13)14-3-1-2-4-15(14)21/h1-6H,7-12H2. The molecular formula is C19H18F2N4O2. The molecule has 2 amide bonds. The highest BCUT2D eigenvalue weighted by molar-refractivity contribution is 6.35. The number of hydrogen-bond acceptors (Lipinski definition) is 4. The highest BCUT2D eigenvalue weighted by Gasteiger charge is 2.53. The summed E-state index contributed by atoms with van der Waals surface area (Å²) in [5, 5.41) is 8.07. The van der Waals surface area contributed by atoms with Crippen molar-refractivity contribution in [1.82, 2.24) is 20.0 Å². The summed E-state index contributed by atoms with van der Waals surface area (Å²) in [5.41, 5.74) is 0.469. The number of carbonyl (C=O) groups is 2. The Labute approximate surface area is 154 Å². The Morgan fingerprint density at radius 1 is 1.00 bits per heavy atom. The Morgan fingerprint density at radius 3 is 2.41 bits per heavy atom. The molecule has 2 aliphatic rings. The average Bonchev–Trinajstić information content (AvgIpc) is 3.48. The second kappa shape index (κ2) is 6.68. The van der Waals surface area contributed by atoms with Gasteiger partial charge in [0.05, 0.1) is 23.5 Å². The second-order valence-corrected chi connectivity index (χ2v) is 6.93. The highest BCUT2D eigenvalue weighted by atomic mass is 19.1. The molecule has 8 heteroatoms. The predicted octanol–water partition coefficient (Wildman–Crippen LogP) is 1.96. The number of benzene rings is 1. The average molecular weight is 372 g/mol. The molecule has 0 spiro atoms. The lowest BCUT2D eigenvalue weighted by molar-refractivity contribution is -0.159. The van der Waals surface area contributed by atoms with Gasteiger partial charge in [-0.3, -0.25) is 9.59 Å². The molecule has 2 fully saturated rings. The van der Waals surface area contributed by atoms with E-state index in [9.17, 15) is 18.4 Å². The third-order valence-corrected chi connectivity index (χ3v) is 5.18. The molecule has 1 saturated heterocycles. The van der Waals surface area contributed by atoms with Gasteiger partial charge in [0.1, 0.15) is 12.5 Å². The van der Waals surface area contributed by atoms with E-state index >= 15 is 0 Å². The Morgan fingerprint density at radius 2 is 1.78 bits per heavy atom. The second-order valence-electron chi connectivity index (χ2n) is 6.93. The lowest BCUT2D eigenvalue weighted by Gasteiger charge is -2.37. The van der Waals surface area contributed by atoms with Crippen molar-refractivity contribution in [3.63, 3.8) is 0 Å². The topological polar surface area (TPSA) is 66.4 Å². The monoisotopic (exact) mass is 372 g/mol. The number of hydrogen-bond donors (Lipinski definition) is 0. The fourth-order valence-electron chi connectivity index (χ4n) is 3.35. The molecule has 4 rings (SSSR count). The third-order valence-electron chi connectivity index (χ3n) is 5.18. The van der Waals surface area contributed by atoms with E-state index in [0.29, 0.717) is 42.9 Å². The van der Waals surface area contributed by atoms with Gasteiger partial charge in [-0.15, -0.1) is 0 Å². The molecule has 0 radical (unpaired) electrons. The normalized spacial score (nSPS) is 18.7. The lowest BCUT2D eigenvalue weighted by Crippen LogP contribution is -2.58. The van der Waals surface area contributed by atoms with E-state index in [2.05, 4.69) is 10.2 Å². The Bertz CT molecular complexity index is 884. The molecule has 27 heavy (non-hydrogen) atoms. The number of rotatable bonds is 5. The van der Waals surface area contributed by atoms with Crippen LogP contribution in [-0.2, 0) is 16.1 Å². The highest BCUT2D eigenvalue weighted by Crippen LogP contribution is 2.42. The molecule has 2 aromatic rings. The Balaban J connectivity index is 1.45. The molecule has 1 saturated carbocycles. The van der Waals surface area contributed by atoms with Crippen LogP contribution in [0.2, 0.25) is 0 Å². The van der Waals surface area contributed by atoms with Crippen molar-refractivity contribution in [3.8, 4) is 11.3 Å². The summed E-state index contributed by atoms with van der Waals surface area (Å²) in [6.07, 6.45) is 1.21. The van der Waals surface area contributed by atoms with Gasteiger partial charge >= 0.3 is 11.8 Å². The number of aromatic nitrogens is 2. The van der Waals surface area contributed by atoms with Crippen LogP contribution in [0.5, 0.6) is 0 Å². The minimum absolute atomic E-state index is 0.131. The molecule has 0 bridgehead atoms. The van der Waals surface area contributed by atoms with Crippen molar-refractivity contribution in [2.45, 2.75) is 24.9 Å². The maximum Gasteiger partial charge on any atom is 0.312 e. The first-order chi connectivity index (χ1) is 13.0. The Kier molecular flexibility index (Phi) is 4.33. The smallest absolute Gasteiger partial charge is 0.312 e. The molecule has 1 aromatic heterocycles. The summed E-state index contributed by atoms with van der Waals surface area (Å²) >= 11 is 0. The van der Waals surface area contributed by atoms with Crippen LogP contribution in [-0.4, -0.2) is 57.1 Å². The van der Waals surface area contributed by atoms with Crippen molar-refractivity contribution in [3.05, 3.63) is 47.9 Å². The van der Waals surface area contributed by atoms with E-state index in [0.717, 1.165) is 0 Å². The molecule has 0 unspecified atom stereocenters. The molecule has 2 heterocycles. The van der Waals surface area contributed by atoms with E-state index < -0.39 is 29.8 Å². The zero-order valence-corrected chi connectivity index (χ0v) is 14.6. The SMILES string of the molecule is O=C1C(=O)N(C2(CF)CC2)CCN1Cc1ccc(-c2ccccc2F)nn1. The van der Waals surface area contributed by atoms with Crippen LogP contribution >= 0.6 is 0 Å². The minimum Gasteiger partial charge on any atom is -0.327 e. The number of amides is 2. The van der Waals surface area contributed by atoms with Crippen molar-refractivity contribution >= 4 is 11.8 Å². The largest absolute Gasteiger partial charge is 0.327 e. The number of piperazine rings is 1. The van der Waals surface area contributed by atoms with Gasteiger partial charge in [-0.05, 0) is 37.1 Å². The fraction of sp³-hybridized carbons (Fsp3) is 0.368. The van der Waals surface area contributed by atoms with E-state index in [4.69, 9.17) is 0 Å². The number of nitrogens with zero attached hydrogens (tertiary/aromatic N) is 4. The minimum atomic E-state index is -0.764. The molecule has 1 aromatic carbocycles. The van der Waals surface area contributed by atoms with Crippen molar-refractivity contribution < 1.29 is 18.4 Å². The molecule has 6 nitrogen and oxygen atoms in total. The Hall–Kier alpha value is -2.90. The molecule has 0 N–H and O–H groups in total. The quantitative estimate of drug-likeness (QED) is 0.753. The lowest BCUT2D eigenvalue weighted by atomic mass is 10.1. The van der Waals surface area contributed by atoms with Crippen LogP contribution < -0.4 is 0 Å². The third kappa shape index (κ3) is 3.15. The summed E-state index contributed by atoms with van der Waals surface area (Å²) in [6, 6.07) is 9.55. The maximum absolute atomic E-state index is 13.8. The van der Waals surface area contributed by atoms with Gasteiger partial charge in [-0.1, -0.05) is 12.1 Å². The summed E-state index contributed by atoms with van der Waals surface area (Å²) < 4.78 is 27.0. The van der Waals surface area contributed by atoms with Crippen LogP contribution in [0.1, 0.15) is 18.5 Å². The first-order valence-corrected chi connectivity index (χ1v) is 8.78. The molecule has 1 aliphatic heterocycles. The van der Waals surface area contributed by atoms with E-state index in [1.54, 1.807) is 30.3 Å². The van der Waals surface area contributed by atoms with Gasteiger partial charge in [-0.25, -0.2) is 8.78 Å². The number of halogens is 2. The zero-order valence-electron chi connectivity index (χ0n) is 14.6. The summed E-state index contributed by atoms with van der Waals surface area (Å²) in [5.74, 6) is -1.70. The summed E-state index contributed by atoms with van der Waals surface area (Å²) in [4.78, 5) is 27.5. The number of carbonyl (C=O) groups excluding carboxylic acids is 2. The molecule has 140 valence electrons. The van der Waals surface area contributed by atoms with Crippen molar-refractivity contribution in [2.24, 2.45) is 0 Å². The zero-order chi connectivity index (χ0) is 19.0. The predicted molar refractivity (Wildman–Crippen MR) is 92.5 cm³/mol. The van der Waals surface area contributed by atoms with Crippen LogP contribution in [0, 0.1) is 5.82 Å². The molecule has 1 aliphatic carbocycles. The van der Waals surface area contributed by atoms with Gasteiger partial charge in [0.25, 0.3) is 0 Å². The van der Waals surface area contributed by atoms with Crippen LogP contribution in [0.4, 0.5) is 8.78 Å². The van der Waals surface area contributed by atoms with Gasteiger partial charge in [0, 0.05) is 18.7 Å². The van der Waals surface area contributed by atoms with Gasteiger partial charge in [0.2, 0.25) is 0 Å². The van der Waals surface area contributed by atoms with Crippen LogP contribution in [0.15, 0.2) is 36.4 Å². The van der Waals surface area contributed by atoms with E-state index in [1.165, 1.54) is 15.9 Å². The van der Waals surface area contributed by atoms with Crippen LogP contribution in [0.25, 0.3) is 11.3 Å². The maximum atomic E-state index is 13.8. The van der Waals surface area contributed by atoms with E-state index in [-0.39, 0.29) is 6.54 Å². The first-order valence-electron chi connectivity index (χ1n) is 8.78. The molecular weight excluding hydrogens is 354 g/mol. The summed E-state index contributed by atoms with van der Waals surface area (Å²) in [6.45, 7) is 0.152.